The molecule has 4 heteroatoms. The Bertz CT molecular complexity index is 622. The molecule has 2 rings (SSSR count). The van der Waals surface area contributed by atoms with Gasteiger partial charge < -0.3 is 4.23 Å². The van der Waals surface area contributed by atoms with Gasteiger partial charge in [-0.05, 0) is 35.7 Å². The lowest BCUT2D eigenvalue weighted by Gasteiger charge is -2.45. The number of rotatable bonds is 4. The summed E-state index contributed by atoms with van der Waals surface area (Å²) in [7, 11) is -1.79. The van der Waals surface area contributed by atoms with Crippen LogP contribution in [0.25, 0.3) is 11.0 Å². The molecule has 0 N–H and O–H groups in total. The fourth-order valence-corrected chi connectivity index (χ4v) is 11.4. The molecule has 2 aromatic rings. The quantitative estimate of drug-likeness (QED) is 0.629. The van der Waals surface area contributed by atoms with Gasteiger partial charge in [-0.3, -0.25) is 0 Å². The van der Waals surface area contributed by atoms with Gasteiger partial charge in [0.05, 0.1) is 5.02 Å². The Balaban J connectivity index is 2.90. The summed E-state index contributed by atoms with van der Waals surface area (Å²) in [5.41, 5.74) is 4.31. The number of halogens is 1. The molecule has 0 saturated heterocycles. The molecule has 0 amide bonds. The highest BCUT2D eigenvalue weighted by atomic mass is 35.5. The number of pyridine rings is 1. The van der Waals surface area contributed by atoms with Gasteiger partial charge in [-0.1, -0.05) is 53.1 Å². The van der Waals surface area contributed by atoms with Crippen LogP contribution in [-0.2, 0) is 0 Å². The molecule has 0 saturated carbocycles. The second-order valence-corrected chi connectivity index (χ2v) is 13.1. The maximum atomic E-state index is 6.39. The first kappa shape index (κ1) is 16.6. The van der Waals surface area contributed by atoms with Crippen LogP contribution in [0.3, 0.4) is 0 Å². The van der Waals surface area contributed by atoms with Crippen molar-refractivity contribution in [2.75, 3.05) is 0 Å². The lowest BCUT2D eigenvalue weighted by Crippen LogP contribution is -2.52. The van der Waals surface area contributed by atoms with Gasteiger partial charge in [0.25, 0.3) is 0 Å². The standard InChI is InChI=1S/C17H27ClN2Si/c1-11(2)21(12(3)4,13(5)6)20-14(7)10-15-16(18)8-9-19-17(15)20/h8-13H,1-7H3. The highest BCUT2D eigenvalue weighted by Gasteiger charge is 2.46. The Morgan fingerprint density at radius 2 is 1.57 bits per heavy atom. The Morgan fingerprint density at radius 3 is 2.05 bits per heavy atom. The molecule has 21 heavy (non-hydrogen) atoms. The highest BCUT2D eigenvalue weighted by Crippen LogP contribution is 2.45. The molecule has 0 fully saturated rings. The van der Waals surface area contributed by atoms with Gasteiger partial charge >= 0.3 is 0 Å². The first-order chi connectivity index (χ1) is 9.74. The first-order valence-corrected chi connectivity index (χ1v) is 10.4. The number of hydrogen-bond donors (Lipinski definition) is 0. The van der Waals surface area contributed by atoms with Crippen molar-refractivity contribution in [2.24, 2.45) is 0 Å². The van der Waals surface area contributed by atoms with Crippen LogP contribution in [0, 0.1) is 6.92 Å². The lowest BCUT2D eigenvalue weighted by molar-refractivity contribution is 0.763. The van der Waals surface area contributed by atoms with Crippen LogP contribution in [-0.4, -0.2) is 17.5 Å². The molecule has 2 heterocycles. The van der Waals surface area contributed by atoms with Crippen LogP contribution >= 0.6 is 11.6 Å². The molecule has 2 aromatic heterocycles. The van der Waals surface area contributed by atoms with Crippen molar-refractivity contribution in [3.8, 4) is 0 Å². The Kier molecular flexibility index (Phi) is 4.55. The summed E-state index contributed by atoms with van der Waals surface area (Å²) < 4.78 is 2.58. The third-order valence-corrected chi connectivity index (χ3v) is 12.2. The van der Waals surface area contributed by atoms with E-state index in [1.165, 1.54) is 5.69 Å². The Labute approximate surface area is 134 Å². The van der Waals surface area contributed by atoms with Crippen LogP contribution in [0.15, 0.2) is 18.3 Å². The summed E-state index contributed by atoms with van der Waals surface area (Å²) in [5.74, 6) is 0. The second-order valence-electron chi connectivity index (χ2n) is 7.00. The minimum Gasteiger partial charge on any atom is -0.356 e. The van der Waals surface area contributed by atoms with Crippen molar-refractivity contribution >= 4 is 30.9 Å². The molecular formula is C17H27ClN2Si. The number of aryl methyl sites for hydroxylation is 1. The Hall–Kier alpha value is -0.803. The summed E-state index contributed by atoms with van der Waals surface area (Å²) >= 11 is 6.39. The van der Waals surface area contributed by atoms with E-state index >= 15 is 0 Å². The van der Waals surface area contributed by atoms with Crippen LogP contribution in [0.2, 0.25) is 21.6 Å². The van der Waals surface area contributed by atoms with Gasteiger partial charge in [-0.25, -0.2) is 4.98 Å². The number of fused-ring (bicyclic) bond motifs is 1. The molecule has 0 aliphatic rings. The molecule has 0 unspecified atom stereocenters. The summed E-state index contributed by atoms with van der Waals surface area (Å²) in [6.45, 7) is 16.5. The fraction of sp³-hybridized carbons (Fsp3) is 0.588. The van der Waals surface area contributed by atoms with Crippen LogP contribution in [0.5, 0.6) is 0 Å². The van der Waals surface area contributed by atoms with Crippen LogP contribution < -0.4 is 0 Å². The minimum atomic E-state index is -1.79. The average molecular weight is 323 g/mol. The molecule has 0 aromatic carbocycles. The van der Waals surface area contributed by atoms with Gasteiger partial charge in [0, 0.05) is 17.3 Å². The maximum absolute atomic E-state index is 6.39. The van der Waals surface area contributed by atoms with E-state index in [2.05, 4.69) is 63.7 Å². The topological polar surface area (TPSA) is 17.8 Å². The van der Waals surface area contributed by atoms with E-state index in [-0.39, 0.29) is 0 Å². The van der Waals surface area contributed by atoms with E-state index in [4.69, 9.17) is 11.6 Å². The number of hydrogen-bond acceptors (Lipinski definition) is 1. The SMILES string of the molecule is Cc1cc2c(Cl)ccnc2n1[Si](C(C)C)(C(C)C)C(C)C. The molecule has 116 valence electrons. The zero-order chi connectivity index (χ0) is 15.9. The first-order valence-electron chi connectivity index (χ1n) is 7.87. The van der Waals surface area contributed by atoms with Gasteiger partial charge in [0.2, 0.25) is 0 Å². The Morgan fingerprint density at radius 1 is 1.05 bits per heavy atom. The summed E-state index contributed by atoms with van der Waals surface area (Å²) in [6.07, 6.45) is 1.83. The van der Waals surface area contributed by atoms with Crippen molar-refractivity contribution in [3.63, 3.8) is 0 Å². The summed E-state index contributed by atoms with van der Waals surface area (Å²) in [5, 5.41) is 1.90. The normalized spacial score (nSPS) is 13.1. The molecule has 0 bridgehead atoms. The van der Waals surface area contributed by atoms with Gasteiger partial charge in [0.15, 0.2) is 8.24 Å². The van der Waals surface area contributed by atoms with E-state index in [1.54, 1.807) is 0 Å². The molecule has 0 aliphatic heterocycles. The molecule has 2 nitrogen and oxygen atoms in total. The van der Waals surface area contributed by atoms with Crippen molar-refractivity contribution in [3.05, 3.63) is 29.0 Å². The molecule has 0 radical (unpaired) electrons. The van der Waals surface area contributed by atoms with E-state index in [0.29, 0.717) is 16.6 Å². The van der Waals surface area contributed by atoms with Gasteiger partial charge in [-0.2, -0.15) is 0 Å². The second kappa shape index (κ2) is 5.77. The van der Waals surface area contributed by atoms with E-state index in [0.717, 1.165) is 16.1 Å². The third-order valence-electron chi connectivity index (χ3n) is 5.00. The fourth-order valence-electron chi connectivity index (χ4n) is 4.46. The highest BCUT2D eigenvalue weighted by molar-refractivity contribution is 6.82. The molecule has 0 spiro atoms. The van der Waals surface area contributed by atoms with Crippen LogP contribution in [0.4, 0.5) is 0 Å². The monoisotopic (exact) mass is 322 g/mol. The third kappa shape index (κ3) is 2.35. The largest absolute Gasteiger partial charge is 0.356 e. The van der Waals surface area contributed by atoms with Crippen molar-refractivity contribution in [1.29, 1.82) is 0 Å². The number of aromatic nitrogens is 2. The number of nitrogens with zero attached hydrogens (tertiary/aromatic N) is 2. The average Bonchev–Trinajstić information content (AvgIpc) is 2.68. The van der Waals surface area contributed by atoms with Gasteiger partial charge in [0.1, 0.15) is 5.65 Å². The molecule has 0 atom stereocenters. The van der Waals surface area contributed by atoms with Gasteiger partial charge in [-0.15, -0.1) is 0 Å². The minimum absolute atomic E-state index is 0.646. The lowest BCUT2D eigenvalue weighted by atomic mass is 10.3. The van der Waals surface area contributed by atoms with E-state index in [1.807, 2.05) is 12.3 Å². The molecular weight excluding hydrogens is 296 g/mol. The molecule has 0 aliphatic carbocycles. The van der Waals surface area contributed by atoms with Crippen molar-refractivity contribution in [2.45, 2.75) is 65.1 Å². The maximum Gasteiger partial charge on any atom is 0.171 e. The predicted octanol–water partition coefficient (Wildman–Crippen LogP) is 6.02. The van der Waals surface area contributed by atoms with Crippen molar-refractivity contribution in [1.82, 2.24) is 9.22 Å². The van der Waals surface area contributed by atoms with E-state index < -0.39 is 8.24 Å². The van der Waals surface area contributed by atoms with Crippen molar-refractivity contribution < 1.29 is 0 Å². The van der Waals surface area contributed by atoms with Crippen LogP contribution in [0.1, 0.15) is 47.2 Å². The predicted molar refractivity (Wildman–Crippen MR) is 95.9 cm³/mol. The van der Waals surface area contributed by atoms with E-state index in [9.17, 15) is 0 Å². The zero-order valence-corrected chi connectivity index (χ0v) is 16.0. The summed E-state index contributed by atoms with van der Waals surface area (Å²) in [6, 6.07) is 4.09. The smallest absolute Gasteiger partial charge is 0.171 e. The zero-order valence-electron chi connectivity index (χ0n) is 14.2. The summed E-state index contributed by atoms with van der Waals surface area (Å²) in [4.78, 5) is 4.69.